The first kappa shape index (κ1) is 25.9. The number of hydrogen-bond donors (Lipinski definition) is 2. The number of rotatable bonds is 9. The van der Waals surface area contributed by atoms with Gasteiger partial charge in [-0.05, 0) is 77.7 Å². The van der Waals surface area contributed by atoms with Crippen LogP contribution in [0.15, 0.2) is 108 Å². The van der Waals surface area contributed by atoms with Gasteiger partial charge in [-0.25, -0.2) is 0 Å². The van der Waals surface area contributed by atoms with Crippen molar-refractivity contribution >= 4 is 52.5 Å². The van der Waals surface area contributed by atoms with Crippen molar-refractivity contribution in [1.29, 1.82) is 0 Å². The van der Waals surface area contributed by atoms with Crippen LogP contribution in [0.4, 0.5) is 11.4 Å². The van der Waals surface area contributed by atoms with Crippen LogP contribution < -0.4 is 10.6 Å². The van der Waals surface area contributed by atoms with E-state index in [-0.39, 0.29) is 17.2 Å². The molecule has 0 saturated heterocycles. The largest absolute Gasteiger partial charge is 0.321 e. The molecule has 3 aromatic carbocycles. The average Bonchev–Trinajstić information content (AvgIpc) is 3.45. The molecule has 188 valence electrons. The van der Waals surface area contributed by atoms with E-state index in [4.69, 9.17) is 0 Å². The van der Waals surface area contributed by atoms with Crippen LogP contribution in [0.3, 0.4) is 0 Å². The van der Waals surface area contributed by atoms with Crippen molar-refractivity contribution in [2.24, 2.45) is 0 Å². The standard InChI is InChI=1S/C29H21N3O5S/c33-27(17-10-20-8-15-24(16-9-20)32(36)37)21-11-13-23(14-12-21)30-29(35)26(19-25-7-4-18-38-25)31-28(34)22-5-2-1-3-6-22/h1-19H,(H,30,35)(H,31,34)/b17-10+,26-19-. The first-order valence-corrected chi connectivity index (χ1v) is 12.3. The van der Waals surface area contributed by atoms with Crippen LogP contribution >= 0.6 is 11.3 Å². The maximum absolute atomic E-state index is 13.0. The van der Waals surface area contributed by atoms with Crippen LogP contribution in [0, 0.1) is 10.1 Å². The Kier molecular flexibility index (Phi) is 8.32. The number of hydrogen-bond acceptors (Lipinski definition) is 6. The van der Waals surface area contributed by atoms with Gasteiger partial charge in [0, 0.05) is 33.8 Å². The van der Waals surface area contributed by atoms with Crippen molar-refractivity contribution < 1.29 is 19.3 Å². The fourth-order valence-electron chi connectivity index (χ4n) is 3.35. The van der Waals surface area contributed by atoms with Gasteiger partial charge in [-0.3, -0.25) is 24.5 Å². The lowest BCUT2D eigenvalue weighted by molar-refractivity contribution is -0.384. The zero-order valence-corrected chi connectivity index (χ0v) is 20.7. The second kappa shape index (κ2) is 12.2. The third kappa shape index (κ3) is 6.96. The van der Waals surface area contributed by atoms with Gasteiger partial charge < -0.3 is 10.6 Å². The Morgan fingerprint density at radius 3 is 2.16 bits per heavy atom. The monoisotopic (exact) mass is 523 g/mol. The second-order valence-electron chi connectivity index (χ2n) is 7.97. The Morgan fingerprint density at radius 1 is 0.816 bits per heavy atom. The smallest absolute Gasteiger partial charge is 0.272 e. The minimum Gasteiger partial charge on any atom is -0.321 e. The maximum Gasteiger partial charge on any atom is 0.272 e. The number of benzene rings is 3. The minimum absolute atomic E-state index is 0.0286. The topological polar surface area (TPSA) is 118 Å². The van der Waals surface area contributed by atoms with E-state index in [1.54, 1.807) is 78.9 Å². The van der Waals surface area contributed by atoms with Gasteiger partial charge in [-0.15, -0.1) is 11.3 Å². The van der Waals surface area contributed by atoms with Crippen LogP contribution in [0.5, 0.6) is 0 Å². The van der Waals surface area contributed by atoms with E-state index in [2.05, 4.69) is 10.6 Å². The Hall–Kier alpha value is -5.15. The number of nitrogens with zero attached hydrogens (tertiary/aromatic N) is 1. The van der Waals surface area contributed by atoms with E-state index in [0.717, 1.165) is 4.88 Å². The van der Waals surface area contributed by atoms with Crippen LogP contribution in [0.2, 0.25) is 0 Å². The lowest BCUT2D eigenvalue weighted by Crippen LogP contribution is -2.30. The van der Waals surface area contributed by atoms with Gasteiger partial charge >= 0.3 is 0 Å². The predicted octanol–water partition coefficient (Wildman–Crippen LogP) is 5.96. The third-order valence-electron chi connectivity index (χ3n) is 5.32. The lowest BCUT2D eigenvalue weighted by Gasteiger charge is -2.11. The molecule has 1 heterocycles. The first-order valence-electron chi connectivity index (χ1n) is 11.4. The summed E-state index contributed by atoms with van der Waals surface area (Å²) in [5.41, 5.74) is 1.95. The van der Waals surface area contributed by atoms with Crippen LogP contribution in [0.25, 0.3) is 12.2 Å². The SMILES string of the molecule is O=C(Nc1ccc(C(=O)/C=C/c2ccc([N+](=O)[O-])cc2)cc1)/C(=C/c1cccs1)NC(=O)c1ccccc1. The Morgan fingerprint density at radius 2 is 1.53 bits per heavy atom. The summed E-state index contributed by atoms with van der Waals surface area (Å²) in [5, 5.41) is 18.1. The fourth-order valence-corrected chi connectivity index (χ4v) is 4.01. The number of nitro benzene ring substituents is 1. The molecule has 4 rings (SSSR count). The molecule has 1 aromatic heterocycles. The minimum atomic E-state index is -0.514. The highest BCUT2D eigenvalue weighted by Gasteiger charge is 2.15. The average molecular weight is 524 g/mol. The van der Waals surface area contributed by atoms with Crippen LogP contribution in [-0.4, -0.2) is 22.5 Å². The summed E-state index contributed by atoms with van der Waals surface area (Å²) in [5.74, 6) is -1.20. The van der Waals surface area contributed by atoms with E-state index in [1.807, 2.05) is 17.5 Å². The van der Waals surface area contributed by atoms with Gasteiger partial charge in [0.1, 0.15) is 5.70 Å². The number of carbonyl (C=O) groups excluding carboxylic acids is 3. The van der Waals surface area contributed by atoms with Crippen molar-refractivity contribution in [3.05, 3.63) is 140 Å². The van der Waals surface area contributed by atoms with Crippen LogP contribution in [-0.2, 0) is 4.79 Å². The van der Waals surface area contributed by atoms with Crippen LogP contribution in [0.1, 0.15) is 31.2 Å². The first-order chi connectivity index (χ1) is 18.4. The number of anilines is 1. The summed E-state index contributed by atoms with van der Waals surface area (Å²) in [7, 11) is 0. The Bertz CT molecular complexity index is 1510. The Labute approximate surface area is 222 Å². The van der Waals surface area contributed by atoms with E-state index in [9.17, 15) is 24.5 Å². The summed E-state index contributed by atoms with van der Waals surface area (Å²) in [6, 6.07) is 24.4. The zero-order valence-electron chi connectivity index (χ0n) is 19.9. The van der Waals surface area contributed by atoms with Gasteiger partial charge in [0.2, 0.25) is 0 Å². The molecule has 0 aliphatic heterocycles. The van der Waals surface area contributed by atoms with Crippen molar-refractivity contribution in [3.8, 4) is 0 Å². The molecule has 0 saturated carbocycles. The number of nitrogens with one attached hydrogen (secondary N) is 2. The maximum atomic E-state index is 13.0. The molecule has 9 heteroatoms. The molecule has 0 spiro atoms. The third-order valence-corrected chi connectivity index (χ3v) is 6.14. The zero-order chi connectivity index (χ0) is 26.9. The number of thiophene rings is 1. The summed E-state index contributed by atoms with van der Waals surface area (Å²) in [6.45, 7) is 0. The normalized spacial score (nSPS) is 11.2. The van der Waals surface area contributed by atoms with Gasteiger partial charge in [0.05, 0.1) is 4.92 Å². The molecular formula is C29H21N3O5S. The number of ketones is 1. The van der Waals surface area contributed by atoms with Gasteiger partial charge in [-0.2, -0.15) is 0 Å². The molecule has 0 aliphatic carbocycles. The number of allylic oxidation sites excluding steroid dienone is 1. The van der Waals surface area contributed by atoms with E-state index >= 15 is 0 Å². The van der Waals surface area contributed by atoms with E-state index in [0.29, 0.717) is 22.4 Å². The molecule has 8 nitrogen and oxygen atoms in total. The molecule has 0 bridgehead atoms. The molecule has 0 atom stereocenters. The van der Waals surface area contributed by atoms with Crippen molar-refractivity contribution in [1.82, 2.24) is 5.32 Å². The second-order valence-corrected chi connectivity index (χ2v) is 8.95. The quantitative estimate of drug-likeness (QED) is 0.121. The Balaban J connectivity index is 1.43. The van der Waals surface area contributed by atoms with Crippen molar-refractivity contribution in [2.75, 3.05) is 5.32 Å². The molecular weight excluding hydrogens is 502 g/mol. The summed E-state index contributed by atoms with van der Waals surface area (Å²) < 4.78 is 0. The molecule has 2 amide bonds. The molecule has 38 heavy (non-hydrogen) atoms. The molecule has 4 aromatic rings. The molecule has 0 aliphatic rings. The molecule has 0 radical (unpaired) electrons. The number of non-ortho nitro benzene ring substituents is 1. The highest BCUT2D eigenvalue weighted by molar-refractivity contribution is 7.10. The number of nitro groups is 1. The summed E-state index contributed by atoms with van der Waals surface area (Å²) in [6.07, 6.45) is 4.54. The number of amides is 2. The summed E-state index contributed by atoms with van der Waals surface area (Å²) in [4.78, 5) is 49.3. The van der Waals surface area contributed by atoms with Gasteiger partial charge in [-0.1, -0.05) is 30.3 Å². The molecule has 0 unspecified atom stereocenters. The molecule has 2 N–H and O–H groups in total. The van der Waals surface area contributed by atoms with E-state index < -0.39 is 16.7 Å². The highest BCUT2D eigenvalue weighted by atomic mass is 32.1. The predicted molar refractivity (Wildman–Crippen MR) is 148 cm³/mol. The van der Waals surface area contributed by atoms with Gasteiger partial charge in [0.25, 0.3) is 17.5 Å². The van der Waals surface area contributed by atoms with E-state index in [1.165, 1.54) is 29.5 Å². The van der Waals surface area contributed by atoms with Gasteiger partial charge in [0.15, 0.2) is 5.78 Å². The van der Waals surface area contributed by atoms with Crippen molar-refractivity contribution in [3.63, 3.8) is 0 Å². The van der Waals surface area contributed by atoms with Crippen molar-refractivity contribution in [2.45, 2.75) is 0 Å². The molecule has 0 fully saturated rings. The highest BCUT2D eigenvalue weighted by Crippen LogP contribution is 2.17. The summed E-state index contributed by atoms with van der Waals surface area (Å²) >= 11 is 1.43. The lowest BCUT2D eigenvalue weighted by atomic mass is 10.1. The fraction of sp³-hybridized carbons (Fsp3) is 0. The number of carbonyl (C=O) groups is 3.